The van der Waals surface area contributed by atoms with Crippen molar-refractivity contribution >= 4 is 35.6 Å². The molecule has 2 amide bonds. The lowest BCUT2D eigenvalue weighted by atomic mass is 9.95. The molecule has 0 bridgehead atoms. The van der Waals surface area contributed by atoms with Gasteiger partial charge in [0.25, 0.3) is 0 Å². The molecule has 0 unspecified atom stereocenters. The van der Waals surface area contributed by atoms with Crippen LogP contribution in [-0.4, -0.2) is 17.4 Å². The third-order valence-corrected chi connectivity index (χ3v) is 3.67. The fraction of sp³-hybridized carbons (Fsp3) is 0.500. The van der Waals surface area contributed by atoms with Gasteiger partial charge in [0.1, 0.15) is 0 Å². The first-order valence-corrected chi connectivity index (χ1v) is 7.14. The van der Waals surface area contributed by atoms with E-state index < -0.39 is 11.0 Å². The fourth-order valence-electron chi connectivity index (χ4n) is 1.76. The first-order chi connectivity index (χ1) is 9.62. The van der Waals surface area contributed by atoms with Crippen LogP contribution in [0.25, 0.3) is 0 Å². The van der Waals surface area contributed by atoms with Crippen molar-refractivity contribution in [2.75, 3.05) is 10.6 Å². The molecule has 5 nitrogen and oxygen atoms in total. The first-order valence-electron chi connectivity index (χ1n) is 7.14. The van der Waals surface area contributed by atoms with Crippen molar-refractivity contribution in [1.29, 1.82) is 0 Å². The second-order valence-corrected chi connectivity index (χ2v) is 6.84. The molecule has 2 rings (SSSR count). The predicted molar refractivity (Wildman–Crippen MR) is 91.3 cm³/mol. The van der Waals surface area contributed by atoms with E-state index in [9.17, 15) is 9.59 Å². The fourth-order valence-corrected chi connectivity index (χ4v) is 1.76. The number of halogens is 1. The summed E-state index contributed by atoms with van der Waals surface area (Å²) in [6.07, 6.45) is 1.44. The minimum atomic E-state index is -0.709. The maximum absolute atomic E-state index is 12.1. The van der Waals surface area contributed by atoms with Crippen molar-refractivity contribution in [3.63, 3.8) is 0 Å². The SMILES string of the molecule is Cc1ccc(NC(=O)C2(N)CC2)cc1NC(=O)C(C)(C)C.Cl. The summed E-state index contributed by atoms with van der Waals surface area (Å²) in [4.78, 5) is 24.0. The first kappa shape index (κ1) is 18.5. The Bertz CT molecular complexity index is 590. The number of rotatable bonds is 3. The number of aryl methyl sites for hydroxylation is 1. The van der Waals surface area contributed by atoms with E-state index in [0.717, 1.165) is 18.4 Å². The second kappa shape index (κ2) is 6.26. The standard InChI is InChI=1S/C16H23N3O2.ClH/c1-10-5-6-11(18-14(21)16(17)7-8-16)9-12(10)19-13(20)15(2,3)4;/h5-6,9H,7-8,17H2,1-4H3,(H,18,21)(H,19,20);1H. The molecule has 6 heteroatoms. The molecule has 0 radical (unpaired) electrons. The third kappa shape index (κ3) is 4.21. The van der Waals surface area contributed by atoms with E-state index in [-0.39, 0.29) is 24.2 Å². The maximum Gasteiger partial charge on any atom is 0.244 e. The molecule has 1 aromatic carbocycles. The Morgan fingerprint density at radius 2 is 1.77 bits per heavy atom. The zero-order valence-electron chi connectivity index (χ0n) is 13.4. The molecule has 1 aliphatic rings. The topological polar surface area (TPSA) is 84.2 Å². The number of carbonyl (C=O) groups is 2. The molecular formula is C16H24ClN3O2. The van der Waals surface area contributed by atoms with Crippen LogP contribution in [-0.2, 0) is 9.59 Å². The Kier molecular flexibility index (Phi) is 5.25. The zero-order valence-corrected chi connectivity index (χ0v) is 14.3. The summed E-state index contributed by atoms with van der Waals surface area (Å²) in [5, 5.41) is 5.71. The Balaban J connectivity index is 0.00000242. The van der Waals surface area contributed by atoms with Gasteiger partial charge < -0.3 is 16.4 Å². The van der Waals surface area contributed by atoms with Gasteiger partial charge in [-0.05, 0) is 37.5 Å². The van der Waals surface area contributed by atoms with E-state index in [1.807, 2.05) is 39.8 Å². The number of anilines is 2. The molecule has 1 aliphatic carbocycles. The van der Waals surface area contributed by atoms with Gasteiger partial charge in [-0.25, -0.2) is 0 Å². The van der Waals surface area contributed by atoms with E-state index in [1.54, 1.807) is 6.07 Å². The van der Waals surface area contributed by atoms with Gasteiger partial charge in [-0.15, -0.1) is 12.4 Å². The van der Waals surface area contributed by atoms with Crippen LogP contribution in [0.5, 0.6) is 0 Å². The largest absolute Gasteiger partial charge is 0.325 e. The lowest BCUT2D eigenvalue weighted by molar-refractivity contribution is -0.123. The van der Waals surface area contributed by atoms with Gasteiger partial charge in [0.05, 0.1) is 5.54 Å². The number of hydrogen-bond donors (Lipinski definition) is 3. The maximum atomic E-state index is 12.1. The highest BCUT2D eigenvalue weighted by Gasteiger charge is 2.45. The van der Waals surface area contributed by atoms with Gasteiger partial charge in [0.2, 0.25) is 11.8 Å². The van der Waals surface area contributed by atoms with E-state index in [4.69, 9.17) is 5.73 Å². The van der Waals surface area contributed by atoms with Gasteiger partial charge in [0, 0.05) is 16.8 Å². The molecule has 0 saturated heterocycles. The summed E-state index contributed by atoms with van der Waals surface area (Å²) < 4.78 is 0. The van der Waals surface area contributed by atoms with E-state index in [2.05, 4.69) is 10.6 Å². The number of nitrogens with one attached hydrogen (secondary N) is 2. The number of amides is 2. The number of nitrogens with two attached hydrogens (primary N) is 1. The summed E-state index contributed by atoms with van der Waals surface area (Å²) in [6.45, 7) is 7.48. The van der Waals surface area contributed by atoms with Crippen molar-refractivity contribution in [3.05, 3.63) is 23.8 Å². The third-order valence-electron chi connectivity index (χ3n) is 3.67. The molecule has 0 aromatic heterocycles. The molecule has 4 N–H and O–H groups in total. The average Bonchev–Trinajstić information content (AvgIpc) is 3.11. The summed E-state index contributed by atoms with van der Waals surface area (Å²) in [5.41, 5.74) is 6.97. The average molecular weight is 326 g/mol. The Morgan fingerprint density at radius 1 is 1.18 bits per heavy atom. The summed E-state index contributed by atoms with van der Waals surface area (Å²) in [7, 11) is 0. The lowest BCUT2D eigenvalue weighted by Crippen LogP contribution is -2.37. The van der Waals surface area contributed by atoms with Crippen LogP contribution in [0.1, 0.15) is 39.2 Å². The summed E-state index contributed by atoms with van der Waals surface area (Å²) >= 11 is 0. The van der Waals surface area contributed by atoms with Gasteiger partial charge in [-0.2, -0.15) is 0 Å². The molecular weight excluding hydrogens is 302 g/mol. The minimum absolute atomic E-state index is 0. The molecule has 0 aliphatic heterocycles. The van der Waals surface area contributed by atoms with E-state index >= 15 is 0 Å². The monoisotopic (exact) mass is 325 g/mol. The number of benzene rings is 1. The lowest BCUT2D eigenvalue weighted by Gasteiger charge is -2.19. The van der Waals surface area contributed by atoms with Crippen molar-refractivity contribution < 1.29 is 9.59 Å². The Labute approximate surface area is 137 Å². The highest BCUT2D eigenvalue weighted by molar-refractivity contribution is 6.01. The van der Waals surface area contributed by atoms with Gasteiger partial charge >= 0.3 is 0 Å². The molecule has 1 aromatic rings. The van der Waals surface area contributed by atoms with Crippen LogP contribution in [0, 0.1) is 12.3 Å². The predicted octanol–water partition coefficient (Wildman–Crippen LogP) is 2.83. The van der Waals surface area contributed by atoms with Crippen molar-refractivity contribution in [1.82, 2.24) is 0 Å². The zero-order chi connectivity index (χ0) is 15.8. The van der Waals surface area contributed by atoms with Gasteiger partial charge in [-0.1, -0.05) is 26.8 Å². The van der Waals surface area contributed by atoms with Gasteiger partial charge in [0.15, 0.2) is 0 Å². The Morgan fingerprint density at radius 3 is 2.27 bits per heavy atom. The molecule has 1 fully saturated rings. The second-order valence-electron chi connectivity index (χ2n) is 6.84. The molecule has 0 atom stereocenters. The smallest absolute Gasteiger partial charge is 0.244 e. The summed E-state index contributed by atoms with van der Waals surface area (Å²) in [6, 6.07) is 5.44. The van der Waals surface area contributed by atoms with Crippen molar-refractivity contribution in [2.45, 2.75) is 46.1 Å². The minimum Gasteiger partial charge on any atom is -0.325 e. The summed E-state index contributed by atoms with van der Waals surface area (Å²) in [5.74, 6) is -0.231. The van der Waals surface area contributed by atoms with E-state index in [0.29, 0.717) is 11.4 Å². The molecule has 1 saturated carbocycles. The van der Waals surface area contributed by atoms with Gasteiger partial charge in [-0.3, -0.25) is 9.59 Å². The van der Waals surface area contributed by atoms with Crippen molar-refractivity contribution in [3.8, 4) is 0 Å². The van der Waals surface area contributed by atoms with Crippen LogP contribution < -0.4 is 16.4 Å². The Hall–Kier alpha value is -1.59. The van der Waals surface area contributed by atoms with Crippen LogP contribution in [0.15, 0.2) is 18.2 Å². The highest BCUT2D eigenvalue weighted by Crippen LogP contribution is 2.33. The quantitative estimate of drug-likeness (QED) is 0.799. The molecule has 122 valence electrons. The number of hydrogen-bond acceptors (Lipinski definition) is 3. The molecule has 0 spiro atoms. The number of carbonyl (C=O) groups excluding carboxylic acids is 2. The van der Waals surface area contributed by atoms with Crippen LogP contribution in [0.4, 0.5) is 11.4 Å². The van der Waals surface area contributed by atoms with Crippen LogP contribution in [0.2, 0.25) is 0 Å². The highest BCUT2D eigenvalue weighted by atomic mass is 35.5. The van der Waals surface area contributed by atoms with Crippen LogP contribution in [0.3, 0.4) is 0 Å². The van der Waals surface area contributed by atoms with Crippen LogP contribution >= 0.6 is 12.4 Å². The molecule has 0 heterocycles. The molecule has 22 heavy (non-hydrogen) atoms. The van der Waals surface area contributed by atoms with Crippen molar-refractivity contribution in [2.24, 2.45) is 11.1 Å². The normalized spacial score (nSPS) is 15.5. The van der Waals surface area contributed by atoms with E-state index in [1.165, 1.54) is 0 Å².